The third-order valence-corrected chi connectivity index (χ3v) is 7.98. The van der Waals surface area contributed by atoms with E-state index >= 15 is 0 Å². The van der Waals surface area contributed by atoms with E-state index in [1.807, 2.05) is 0 Å². The molecular weight excluding hydrogens is 374 g/mol. The highest BCUT2D eigenvalue weighted by molar-refractivity contribution is 5.79. The summed E-state index contributed by atoms with van der Waals surface area (Å²) in [5.41, 5.74) is 16.2. The Kier molecular flexibility index (Phi) is 3.23. The SMILES string of the molecule is Cc1ccc2c3c1C(C)(C)[n+]1ccccc1C3c1cc3c(cc1C2)-c1ccccc1C3. The number of aromatic nitrogens is 1. The van der Waals surface area contributed by atoms with Crippen molar-refractivity contribution in [3.05, 3.63) is 123 Å². The Hall–Kier alpha value is -3.19. The fourth-order valence-electron chi connectivity index (χ4n) is 6.73. The summed E-state index contributed by atoms with van der Waals surface area (Å²) in [5, 5.41) is 0. The predicted octanol–water partition coefficient (Wildman–Crippen LogP) is 6.03. The van der Waals surface area contributed by atoms with Crippen LogP contribution in [0.3, 0.4) is 0 Å². The van der Waals surface area contributed by atoms with Gasteiger partial charge in [-0.1, -0.05) is 54.6 Å². The van der Waals surface area contributed by atoms with Crippen molar-refractivity contribution in [3.8, 4) is 11.1 Å². The molecule has 1 aromatic heterocycles. The van der Waals surface area contributed by atoms with Gasteiger partial charge in [-0.15, -0.1) is 0 Å². The van der Waals surface area contributed by atoms with Crippen LogP contribution in [0, 0.1) is 6.92 Å². The molecule has 7 rings (SSSR count). The Morgan fingerprint density at radius 3 is 2.48 bits per heavy atom. The monoisotopic (exact) mass is 400 g/mol. The summed E-state index contributed by atoms with van der Waals surface area (Å²) in [7, 11) is 0. The molecule has 31 heavy (non-hydrogen) atoms. The highest BCUT2D eigenvalue weighted by Gasteiger charge is 2.48. The zero-order chi connectivity index (χ0) is 20.9. The van der Waals surface area contributed by atoms with Gasteiger partial charge in [0, 0.05) is 31.5 Å². The molecule has 1 atom stereocenters. The molecule has 1 unspecified atom stereocenters. The van der Waals surface area contributed by atoms with E-state index in [4.69, 9.17) is 0 Å². The van der Waals surface area contributed by atoms with Crippen molar-refractivity contribution in [3.63, 3.8) is 0 Å². The Morgan fingerprint density at radius 2 is 1.58 bits per heavy atom. The average Bonchev–Trinajstić information content (AvgIpc) is 3.13. The van der Waals surface area contributed by atoms with Crippen LogP contribution in [0.25, 0.3) is 11.1 Å². The highest BCUT2D eigenvalue weighted by atomic mass is 15.1. The van der Waals surface area contributed by atoms with Crippen LogP contribution in [0.15, 0.2) is 72.9 Å². The van der Waals surface area contributed by atoms with Crippen LogP contribution in [0.4, 0.5) is 0 Å². The van der Waals surface area contributed by atoms with Crippen molar-refractivity contribution in [1.82, 2.24) is 0 Å². The lowest BCUT2D eigenvalue weighted by atomic mass is 9.67. The van der Waals surface area contributed by atoms with Gasteiger partial charge in [0.15, 0.2) is 17.4 Å². The zero-order valence-electron chi connectivity index (χ0n) is 18.4. The lowest BCUT2D eigenvalue weighted by Gasteiger charge is -2.39. The van der Waals surface area contributed by atoms with Gasteiger partial charge in [-0.2, -0.15) is 4.57 Å². The van der Waals surface area contributed by atoms with Crippen molar-refractivity contribution in [2.75, 3.05) is 0 Å². The van der Waals surface area contributed by atoms with Gasteiger partial charge in [0.05, 0.1) is 5.92 Å². The van der Waals surface area contributed by atoms with E-state index in [1.165, 1.54) is 55.8 Å². The Balaban J connectivity index is 1.54. The summed E-state index contributed by atoms with van der Waals surface area (Å²) in [5.74, 6) is 0.317. The molecular formula is C30H26N+. The van der Waals surface area contributed by atoms with Crippen molar-refractivity contribution in [2.24, 2.45) is 0 Å². The minimum Gasteiger partial charge on any atom is -0.192 e. The van der Waals surface area contributed by atoms with Gasteiger partial charge in [0.2, 0.25) is 0 Å². The molecule has 0 amide bonds. The number of aryl methyl sites for hydroxylation is 1. The molecule has 2 aliphatic carbocycles. The molecule has 0 fully saturated rings. The van der Waals surface area contributed by atoms with Gasteiger partial charge < -0.3 is 0 Å². The lowest BCUT2D eigenvalue weighted by molar-refractivity contribution is -0.756. The average molecular weight is 401 g/mol. The maximum absolute atomic E-state index is 2.54. The minimum absolute atomic E-state index is 0.0486. The highest BCUT2D eigenvalue weighted by Crippen LogP contribution is 2.50. The maximum atomic E-state index is 2.54. The van der Waals surface area contributed by atoms with E-state index in [2.05, 4.69) is 98.3 Å². The fraction of sp³-hybridized carbons (Fsp3) is 0.233. The Bertz CT molecular complexity index is 1420. The molecule has 0 saturated carbocycles. The first-order chi connectivity index (χ1) is 15.0. The van der Waals surface area contributed by atoms with Crippen molar-refractivity contribution in [2.45, 2.75) is 45.1 Å². The van der Waals surface area contributed by atoms with Crippen LogP contribution < -0.4 is 4.57 Å². The molecule has 150 valence electrons. The van der Waals surface area contributed by atoms with Gasteiger partial charge in [-0.25, -0.2) is 0 Å². The third kappa shape index (κ3) is 2.14. The molecule has 4 aromatic rings. The number of benzene rings is 3. The second kappa shape index (κ2) is 5.73. The molecule has 0 bridgehead atoms. The summed E-state index contributed by atoms with van der Waals surface area (Å²) in [6.45, 7) is 7.05. The van der Waals surface area contributed by atoms with Crippen LogP contribution in [0.5, 0.6) is 0 Å². The first-order valence-corrected chi connectivity index (χ1v) is 11.4. The molecule has 1 heteroatoms. The quantitative estimate of drug-likeness (QED) is 0.274. The number of pyridine rings is 1. The van der Waals surface area contributed by atoms with E-state index in [-0.39, 0.29) is 5.54 Å². The molecule has 0 saturated heterocycles. The molecule has 3 aromatic carbocycles. The Morgan fingerprint density at radius 1 is 0.774 bits per heavy atom. The molecule has 0 radical (unpaired) electrons. The van der Waals surface area contributed by atoms with Crippen LogP contribution in [0.1, 0.15) is 70.0 Å². The summed E-state index contributed by atoms with van der Waals surface area (Å²) in [6.07, 6.45) is 4.37. The number of hydrogen-bond donors (Lipinski definition) is 0. The van der Waals surface area contributed by atoms with E-state index in [0.717, 1.165) is 12.8 Å². The van der Waals surface area contributed by atoms with Crippen LogP contribution in [-0.4, -0.2) is 0 Å². The lowest BCUT2D eigenvalue weighted by Crippen LogP contribution is -2.60. The largest absolute Gasteiger partial charge is 0.194 e. The second-order valence-corrected chi connectivity index (χ2v) is 10.0. The summed E-state index contributed by atoms with van der Waals surface area (Å²) in [6, 6.07) is 25.4. The molecule has 3 aliphatic rings. The van der Waals surface area contributed by atoms with E-state index < -0.39 is 0 Å². The van der Waals surface area contributed by atoms with Crippen molar-refractivity contribution in [1.29, 1.82) is 0 Å². The molecule has 2 heterocycles. The van der Waals surface area contributed by atoms with Gasteiger partial charge in [-0.3, -0.25) is 0 Å². The predicted molar refractivity (Wildman–Crippen MR) is 125 cm³/mol. The van der Waals surface area contributed by atoms with E-state index in [1.54, 1.807) is 5.56 Å². The molecule has 0 spiro atoms. The minimum atomic E-state index is -0.0486. The van der Waals surface area contributed by atoms with E-state index in [9.17, 15) is 0 Å². The van der Waals surface area contributed by atoms with Gasteiger partial charge in [0.25, 0.3) is 0 Å². The van der Waals surface area contributed by atoms with Gasteiger partial charge in [-0.05, 0) is 69.8 Å². The smallest absolute Gasteiger partial charge is 0.192 e. The summed E-state index contributed by atoms with van der Waals surface area (Å²) >= 11 is 0. The maximum Gasteiger partial charge on any atom is 0.194 e. The standard InChI is InChI=1S/C30H26N/c1-18-11-12-20-15-22-16-24-21(14-19-8-4-5-9-23(19)24)17-25(22)28-26-10-6-7-13-31(26)30(2,3)29(18)27(20)28/h4-13,16-17,28H,14-15H2,1-3H3/q+1. The first-order valence-electron chi connectivity index (χ1n) is 11.4. The zero-order valence-corrected chi connectivity index (χ0v) is 18.4. The summed E-state index contributed by atoms with van der Waals surface area (Å²) < 4.78 is 2.52. The third-order valence-electron chi connectivity index (χ3n) is 7.98. The fourth-order valence-corrected chi connectivity index (χ4v) is 6.73. The Labute approximate surface area is 184 Å². The first kappa shape index (κ1) is 17.5. The van der Waals surface area contributed by atoms with Gasteiger partial charge in [0.1, 0.15) is 0 Å². The number of nitrogens with zero attached hydrogens (tertiary/aromatic N) is 1. The molecule has 1 nitrogen and oxygen atoms in total. The normalized spacial score (nSPS) is 18.5. The van der Waals surface area contributed by atoms with Crippen LogP contribution in [0.2, 0.25) is 0 Å². The number of fused-ring (bicyclic) bond motifs is 7. The van der Waals surface area contributed by atoms with Crippen molar-refractivity contribution < 1.29 is 4.57 Å². The van der Waals surface area contributed by atoms with Crippen molar-refractivity contribution >= 4 is 0 Å². The molecule has 0 N–H and O–H groups in total. The van der Waals surface area contributed by atoms with E-state index in [0.29, 0.717) is 5.92 Å². The number of rotatable bonds is 0. The topological polar surface area (TPSA) is 3.88 Å². The van der Waals surface area contributed by atoms with Gasteiger partial charge >= 0.3 is 0 Å². The molecule has 1 aliphatic heterocycles. The number of hydrogen-bond acceptors (Lipinski definition) is 0. The second-order valence-electron chi connectivity index (χ2n) is 10.0. The van der Waals surface area contributed by atoms with Crippen LogP contribution >= 0.6 is 0 Å². The van der Waals surface area contributed by atoms with Crippen LogP contribution in [-0.2, 0) is 18.4 Å². The summed E-state index contributed by atoms with van der Waals surface area (Å²) in [4.78, 5) is 0.